The zero-order chi connectivity index (χ0) is 13.0. The van der Waals surface area contributed by atoms with Crippen LogP contribution in [0, 0.1) is 0 Å². The molecule has 1 aromatic heterocycles. The zero-order valence-corrected chi connectivity index (χ0v) is 10.9. The molecule has 0 spiro atoms. The van der Waals surface area contributed by atoms with E-state index in [1.807, 2.05) is 19.2 Å². The molecule has 0 radical (unpaired) electrons. The highest BCUT2D eigenvalue weighted by Crippen LogP contribution is 2.30. The summed E-state index contributed by atoms with van der Waals surface area (Å²) in [6, 6.07) is 3.86. The van der Waals surface area contributed by atoms with Crippen LogP contribution in [-0.2, 0) is 11.3 Å². The quantitative estimate of drug-likeness (QED) is 0.881. The van der Waals surface area contributed by atoms with Crippen LogP contribution in [0.5, 0.6) is 0 Å². The van der Waals surface area contributed by atoms with E-state index in [1.54, 1.807) is 17.3 Å². The molecule has 1 aromatic rings. The third-order valence-corrected chi connectivity index (χ3v) is 3.70. The van der Waals surface area contributed by atoms with Crippen LogP contribution in [0.4, 0.5) is 0 Å². The normalized spacial score (nSPS) is 17.7. The number of hydrogen-bond donors (Lipinski definition) is 1. The summed E-state index contributed by atoms with van der Waals surface area (Å²) < 4.78 is 0. The maximum Gasteiger partial charge on any atom is 0.224 e. The Morgan fingerprint density at radius 2 is 2.00 bits per heavy atom. The average Bonchev–Trinajstić information content (AvgIpc) is 2.77. The van der Waals surface area contributed by atoms with Gasteiger partial charge in [-0.1, -0.05) is 12.8 Å². The van der Waals surface area contributed by atoms with Crippen molar-refractivity contribution in [3.8, 4) is 0 Å². The van der Waals surface area contributed by atoms with E-state index < -0.39 is 0 Å². The van der Waals surface area contributed by atoms with Crippen LogP contribution in [0.1, 0.15) is 37.7 Å². The van der Waals surface area contributed by atoms with Gasteiger partial charge in [-0.25, -0.2) is 0 Å². The van der Waals surface area contributed by atoms with E-state index in [0.29, 0.717) is 13.0 Å². The van der Waals surface area contributed by atoms with E-state index in [9.17, 15) is 4.79 Å². The molecule has 0 atom stereocenters. The fraction of sp³-hybridized carbons (Fsp3) is 0.571. The van der Waals surface area contributed by atoms with Gasteiger partial charge in [-0.15, -0.1) is 0 Å². The lowest BCUT2D eigenvalue weighted by Crippen LogP contribution is -2.42. The first-order valence-corrected chi connectivity index (χ1v) is 6.51. The van der Waals surface area contributed by atoms with Gasteiger partial charge in [0.05, 0.1) is 0 Å². The average molecular weight is 247 g/mol. The Kier molecular flexibility index (Phi) is 3.97. The Morgan fingerprint density at radius 3 is 2.61 bits per heavy atom. The molecule has 2 rings (SSSR count). The first-order chi connectivity index (χ1) is 8.59. The largest absolute Gasteiger partial charge is 0.341 e. The molecule has 0 unspecified atom stereocenters. The fourth-order valence-corrected chi connectivity index (χ4v) is 2.54. The number of nitrogens with two attached hydrogens (primary N) is 1. The van der Waals surface area contributed by atoms with E-state index in [0.717, 1.165) is 31.2 Å². The third-order valence-electron chi connectivity index (χ3n) is 3.70. The maximum absolute atomic E-state index is 12.1. The molecule has 1 aliphatic carbocycles. The Hall–Kier alpha value is -1.42. The molecule has 1 amide bonds. The van der Waals surface area contributed by atoms with Gasteiger partial charge in [-0.3, -0.25) is 9.78 Å². The lowest BCUT2D eigenvalue weighted by Gasteiger charge is -2.26. The summed E-state index contributed by atoms with van der Waals surface area (Å²) in [7, 11) is 1.83. The Labute approximate surface area is 108 Å². The summed E-state index contributed by atoms with van der Waals surface area (Å²) in [6.07, 6.45) is 8.21. The minimum Gasteiger partial charge on any atom is -0.341 e. The van der Waals surface area contributed by atoms with Gasteiger partial charge < -0.3 is 10.6 Å². The van der Waals surface area contributed by atoms with Crippen LogP contribution in [0.15, 0.2) is 24.5 Å². The minimum atomic E-state index is -0.260. The molecular formula is C14H21N3O. The van der Waals surface area contributed by atoms with Crippen molar-refractivity contribution >= 4 is 5.91 Å². The van der Waals surface area contributed by atoms with E-state index in [2.05, 4.69) is 4.98 Å². The van der Waals surface area contributed by atoms with Gasteiger partial charge in [-0.2, -0.15) is 0 Å². The summed E-state index contributed by atoms with van der Waals surface area (Å²) in [5.74, 6) is 0.135. The minimum absolute atomic E-state index is 0.135. The van der Waals surface area contributed by atoms with Gasteiger partial charge in [-0.05, 0) is 30.5 Å². The number of carbonyl (C=O) groups excluding carboxylic acids is 1. The molecule has 0 aromatic carbocycles. The Morgan fingerprint density at radius 1 is 1.39 bits per heavy atom. The van der Waals surface area contributed by atoms with Crippen LogP contribution < -0.4 is 5.73 Å². The second-order valence-electron chi connectivity index (χ2n) is 5.35. The third kappa shape index (κ3) is 3.29. The van der Waals surface area contributed by atoms with Crippen molar-refractivity contribution in [2.75, 3.05) is 7.05 Å². The topological polar surface area (TPSA) is 59.2 Å². The highest BCUT2D eigenvalue weighted by molar-refractivity contribution is 5.77. The van der Waals surface area contributed by atoms with Gasteiger partial charge >= 0.3 is 0 Å². The molecule has 98 valence electrons. The molecule has 0 bridgehead atoms. The molecule has 1 saturated carbocycles. The van der Waals surface area contributed by atoms with E-state index >= 15 is 0 Å². The molecule has 1 fully saturated rings. The van der Waals surface area contributed by atoms with Gasteiger partial charge in [0, 0.05) is 37.9 Å². The van der Waals surface area contributed by atoms with Crippen molar-refractivity contribution in [1.29, 1.82) is 0 Å². The lowest BCUT2D eigenvalue weighted by atomic mass is 9.94. The molecule has 4 nitrogen and oxygen atoms in total. The van der Waals surface area contributed by atoms with Crippen molar-refractivity contribution in [1.82, 2.24) is 9.88 Å². The summed E-state index contributed by atoms with van der Waals surface area (Å²) in [4.78, 5) is 17.9. The SMILES string of the molecule is CN(Cc1ccncc1)C(=O)CC1(N)CCCC1. The van der Waals surface area contributed by atoms with Crippen LogP contribution in [0.25, 0.3) is 0 Å². The van der Waals surface area contributed by atoms with Crippen LogP contribution >= 0.6 is 0 Å². The summed E-state index contributed by atoms with van der Waals surface area (Å²) in [6.45, 7) is 0.622. The molecule has 18 heavy (non-hydrogen) atoms. The van der Waals surface area contributed by atoms with Gasteiger partial charge in [0.25, 0.3) is 0 Å². The van der Waals surface area contributed by atoms with Gasteiger partial charge in [0.2, 0.25) is 5.91 Å². The number of carbonyl (C=O) groups is 1. The van der Waals surface area contributed by atoms with Crippen molar-refractivity contribution in [3.05, 3.63) is 30.1 Å². The van der Waals surface area contributed by atoms with E-state index in [1.165, 1.54) is 0 Å². The molecular weight excluding hydrogens is 226 g/mol. The predicted octanol–water partition coefficient (Wildman–Crippen LogP) is 1.70. The molecule has 1 heterocycles. The predicted molar refractivity (Wildman–Crippen MR) is 70.7 cm³/mol. The second kappa shape index (κ2) is 5.48. The second-order valence-corrected chi connectivity index (χ2v) is 5.35. The number of nitrogens with zero attached hydrogens (tertiary/aromatic N) is 2. The molecule has 2 N–H and O–H groups in total. The molecule has 0 aliphatic heterocycles. The molecule has 0 saturated heterocycles. The van der Waals surface area contributed by atoms with Crippen LogP contribution in [0.3, 0.4) is 0 Å². The van der Waals surface area contributed by atoms with Crippen LogP contribution in [0.2, 0.25) is 0 Å². The molecule has 1 aliphatic rings. The zero-order valence-electron chi connectivity index (χ0n) is 10.9. The van der Waals surface area contributed by atoms with Crippen molar-refractivity contribution < 1.29 is 4.79 Å². The summed E-state index contributed by atoms with van der Waals surface area (Å²) in [5.41, 5.74) is 7.07. The number of hydrogen-bond acceptors (Lipinski definition) is 3. The first-order valence-electron chi connectivity index (χ1n) is 6.51. The number of pyridine rings is 1. The summed E-state index contributed by atoms with van der Waals surface area (Å²) >= 11 is 0. The van der Waals surface area contributed by atoms with Gasteiger partial charge in [0.15, 0.2) is 0 Å². The fourth-order valence-electron chi connectivity index (χ4n) is 2.54. The van der Waals surface area contributed by atoms with Crippen molar-refractivity contribution in [2.45, 2.75) is 44.2 Å². The van der Waals surface area contributed by atoms with Gasteiger partial charge in [0.1, 0.15) is 0 Å². The Bertz CT molecular complexity index is 399. The highest BCUT2D eigenvalue weighted by atomic mass is 16.2. The molecule has 4 heteroatoms. The number of rotatable bonds is 4. The van der Waals surface area contributed by atoms with E-state index in [-0.39, 0.29) is 11.4 Å². The monoisotopic (exact) mass is 247 g/mol. The smallest absolute Gasteiger partial charge is 0.224 e. The lowest BCUT2D eigenvalue weighted by molar-refractivity contribution is -0.131. The van der Waals surface area contributed by atoms with Crippen LogP contribution in [-0.4, -0.2) is 28.4 Å². The maximum atomic E-state index is 12.1. The summed E-state index contributed by atoms with van der Waals surface area (Å²) in [5, 5.41) is 0. The Balaban J connectivity index is 1.89. The number of aromatic nitrogens is 1. The first kappa shape index (κ1) is 13.0. The van der Waals surface area contributed by atoms with Crippen molar-refractivity contribution in [2.24, 2.45) is 5.73 Å². The van der Waals surface area contributed by atoms with E-state index in [4.69, 9.17) is 5.73 Å². The standard InChI is InChI=1S/C14H21N3O/c1-17(11-12-4-8-16-9-5-12)13(18)10-14(15)6-2-3-7-14/h4-5,8-9H,2-3,6-7,10-11,15H2,1H3. The number of amides is 1. The highest BCUT2D eigenvalue weighted by Gasteiger charge is 2.32. The van der Waals surface area contributed by atoms with Crippen molar-refractivity contribution in [3.63, 3.8) is 0 Å².